The second-order valence-electron chi connectivity index (χ2n) is 9.20. The number of nitrogens with zero attached hydrogens (tertiary/aromatic N) is 5. The number of halogens is 3. The van der Waals surface area contributed by atoms with Gasteiger partial charge in [0.15, 0.2) is 0 Å². The van der Waals surface area contributed by atoms with Crippen LogP contribution in [-0.2, 0) is 19.7 Å². The van der Waals surface area contributed by atoms with Crippen LogP contribution in [0.4, 0.5) is 5.69 Å². The molecule has 3 heterocycles. The third kappa shape index (κ3) is 6.31. The van der Waals surface area contributed by atoms with Gasteiger partial charge in [0.2, 0.25) is 5.91 Å². The maximum Gasteiger partial charge on any atom is 1.00 e. The summed E-state index contributed by atoms with van der Waals surface area (Å²) >= 11 is 18.8. The van der Waals surface area contributed by atoms with Crippen LogP contribution in [0.15, 0.2) is 52.3 Å². The molecule has 0 aliphatic carbocycles. The predicted octanol–water partition coefficient (Wildman–Crippen LogP) is 1.34. The van der Waals surface area contributed by atoms with Crippen LogP contribution in [0.25, 0.3) is 5.57 Å². The van der Waals surface area contributed by atoms with Crippen LogP contribution in [-0.4, -0.2) is 52.1 Å². The SMILES string of the molecule is CC(C)(C)C1=NN(c2c(Cl)cc(Cl)cc2Cl)C(=O)/C1=C(/C1=NN(CS(=O)(=O)[O-])C(=O)C1)c1ccccn1.[Na+]. The van der Waals surface area contributed by atoms with Crippen molar-refractivity contribution in [1.29, 1.82) is 0 Å². The van der Waals surface area contributed by atoms with Crippen LogP contribution in [0.1, 0.15) is 32.9 Å². The fourth-order valence-corrected chi connectivity index (χ4v) is 5.31. The molecule has 0 atom stereocenters. The summed E-state index contributed by atoms with van der Waals surface area (Å²) in [4.78, 5) is 30.9. The molecule has 0 saturated carbocycles. The standard InChI is InChI=1S/C23H20Cl3N5O5S.Na/c1-23(2,3)21-19(22(33)31(29-21)20-13(25)8-12(24)9-14(20)26)18(15-6-4-5-7-27-15)16-10-17(32)30(28-16)11-37(34,35)36;/h4-9H,10-11H2,1-3H3,(H,34,35,36);/q;+1/p-1/b19-18+;. The number of hydrogen-bond donors (Lipinski definition) is 0. The van der Waals surface area contributed by atoms with E-state index in [0.29, 0.717) is 10.7 Å². The molecule has 2 aliphatic heterocycles. The van der Waals surface area contributed by atoms with E-state index in [1.54, 1.807) is 18.2 Å². The van der Waals surface area contributed by atoms with Gasteiger partial charge in [-0.1, -0.05) is 61.6 Å². The molecule has 10 nitrogen and oxygen atoms in total. The summed E-state index contributed by atoms with van der Waals surface area (Å²) in [5, 5.41) is 10.7. The predicted molar refractivity (Wildman–Crippen MR) is 140 cm³/mol. The normalized spacial score (nSPS) is 17.4. The molecular formula is C23H19Cl3N5NaO5S. The molecule has 2 amide bonds. The minimum atomic E-state index is -4.80. The number of allylic oxidation sites excluding steroid dienone is 1. The Bertz CT molecular complexity index is 1500. The zero-order chi connectivity index (χ0) is 27.3. The van der Waals surface area contributed by atoms with Gasteiger partial charge < -0.3 is 4.55 Å². The Morgan fingerprint density at radius 2 is 1.71 bits per heavy atom. The molecule has 2 aliphatic rings. The molecule has 0 bridgehead atoms. The smallest absolute Gasteiger partial charge is 0.747 e. The van der Waals surface area contributed by atoms with Crippen molar-refractivity contribution in [2.45, 2.75) is 27.2 Å². The number of amides is 2. The summed E-state index contributed by atoms with van der Waals surface area (Å²) in [5.41, 5.74) is 0.323. The average molecular weight is 607 g/mol. The van der Waals surface area contributed by atoms with E-state index < -0.39 is 33.2 Å². The van der Waals surface area contributed by atoms with E-state index >= 15 is 0 Å². The van der Waals surface area contributed by atoms with Gasteiger partial charge in [0.05, 0.1) is 39.2 Å². The molecule has 0 radical (unpaired) electrons. The van der Waals surface area contributed by atoms with Crippen LogP contribution in [0.5, 0.6) is 0 Å². The van der Waals surface area contributed by atoms with Gasteiger partial charge >= 0.3 is 29.6 Å². The summed E-state index contributed by atoms with van der Waals surface area (Å²) in [6.45, 7) is 5.50. The van der Waals surface area contributed by atoms with E-state index in [4.69, 9.17) is 34.8 Å². The first-order valence-electron chi connectivity index (χ1n) is 10.7. The Hall–Kier alpha value is -1.83. The van der Waals surface area contributed by atoms with E-state index in [9.17, 15) is 22.6 Å². The van der Waals surface area contributed by atoms with Crippen molar-refractivity contribution in [1.82, 2.24) is 9.99 Å². The van der Waals surface area contributed by atoms with Gasteiger partial charge in [-0.3, -0.25) is 14.6 Å². The Morgan fingerprint density at radius 3 is 2.24 bits per heavy atom. The van der Waals surface area contributed by atoms with Gasteiger partial charge in [0, 0.05) is 22.2 Å². The van der Waals surface area contributed by atoms with Crippen LogP contribution in [0, 0.1) is 5.41 Å². The summed E-state index contributed by atoms with van der Waals surface area (Å²) in [6.07, 6.45) is 1.13. The molecular weight excluding hydrogens is 588 g/mol. The molecule has 1 aromatic carbocycles. The number of carbonyl (C=O) groups is 2. The molecule has 0 spiro atoms. The van der Waals surface area contributed by atoms with E-state index in [0.717, 1.165) is 5.01 Å². The van der Waals surface area contributed by atoms with Gasteiger partial charge in [0.25, 0.3) is 5.91 Å². The number of anilines is 1. The minimum Gasteiger partial charge on any atom is -0.747 e. The Balaban J connectivity index is 0.00000400. The van der Waals surface area contributed by atoms with Gasteiger partial charge in [-0.25, -0.2) is 13.4 Å². The summed E-state index contributed by atoms with van der Waals surface area (Å²) in [5.74, 6) is -2.48. The number of hydrazone groups is 2. The molecule has 194 valence electrons. The molecule has 15 heteroatoms. The van der Waals surface area contributed by atoms with Crippen molar-refractivity contribution >= 4 is 79.4 Å². The third-order valence-electron chi connectivity index (χ3n) is 5.33. The first-order valence-corrected chi connectivity index (χ1v) is 13.4. The van der Waals surface area contributed by atoms with Gasteiger partial charge in [-0.05, 0) is 24.3 Å². The Kier molecular flexibility index (Phi) is 9.17. The summed E-state index contributed by atoms with van der Waals surface area (Å²) in [7, 11) is -4.80. The molecule has 0 saturated heterocycles. The molecule has 4 rings (SSSR count). The third-order valence-corrected chi connectivity index (χ3v) is 6.69. The Labute approximate surface area is 256 Å². The molecule has 1 aromatic heterocycles. The topological polar surface area (TPSA) is 135 Å². The minimum absolute atomic E-state index is 0. The Morgan fingerprint density at radius 1 is 1.08 bits per heavy atom. The number of pyridine rings is 1. The zero-order valence-electron chi connectivity index (χ0n) is 20.7. The van der Waals surface area contributed by atoms with E-state index in [1.807, 2.05) is 20.8 Å². The second kappa shape index (κ2) is 11.3. The largest absolute Gasteiger partial charge is 1.00 e. The van der Waals surface area contributed by atoms with Crippen LogP contribution >= 0.6 is 34.8 Å². The van der Waals surface area contributed by atoms with Gasteiger partial charge in [-0.2, -0.15) is 15.2 Å². The van der Waals surface area contributed by atoms with Gasteiger partial charge in [-0.15, -0.1) is 0 Å². The number of hydrogen-bond acceptors (Lipinski definition) is 8. The molecule has 38 heavy (non-hydrogen) atoms. The number of carbonyl (C=O) groups excluding carboxylic acids is 2. The quantitative estimate of drug-likeness (QED) is 0.286. The van der Waals surface area contributed by atoms with Crippen molar-refractivity contribution in [2.75, 3.05) is 10.9 Å². The fourth-order valence-electron chi connectivity index (χ4n) is 3.83. The number of aromatic nitrogens is 1. The van der Waals surface area contributed by atoms with Crippen molar-refractivity contribution in [3.05, 3.63) is 62.9 Å². The number of benzene rings is 1. The summed E-state index contributed by atoms with van der Waals surface area (Å²) < 4.78 is 33.9. The maximum absolute atomic E-state index is 14.0. The van der Waals surface area contributed by atoms with Crippen LogP contribution < -0.4 is 34.6 Å². The average Bonchev–Trinajstić information content (AvgIpc) is 3.28. The van der Waals surface area contributed by atoms with Crippen molar-refractivity contribution in [2.24, 2.45) is 15.6 Å². The first-order chi connectivity index (χ1) is 17.2. The van der Waals surface area contributed by atoms with Crippen molar-refractivity contribution in [3.8, 4) is 0 Å². The molecule has 0 unspecified atom stereocenters. The molecule has 2 aromatic rings. The van der Waals surface area contributed by atoms with Crippen molar-refractivity contribution in [3.63, 3.8) is 0 Å². The summed E-state index contributed by atoms with van der Waals surface area (Å²) in [6, 6.07) is 7.80. The molecule has 0 N–H and O–H groups in total. The van der Waals surface area contributed by atoms with Crippen LogP contribution in [0.2, 0.25) is 15.1 Å². The number of rotatable bonds is 5. The monoisotopic (exact) mass is 605 g/mol. The van der Waals surface area contributed by atoms with Crippen LogP contribution in [0.3, 0.4) is 0 Å². The zero-order valence-corrected chi connectivity index (χ0v) is 25.8. The van der Waals surface area contributed by atoms with Crippen molar-refractivity contribution < 1.29 is 52.1 Å². The first kappa shape index (κ1) is 30.7. The van der Waals surface area contributed by atoms with E-state index in [-0.39, 0.29) is 79.3 Å². The molecule has 0 fully saturated rings. The fraction of sp³-hybridized carbons (Fsp3) is 0.261. The van der Waals surface area contributed by atoms with E-state index in [1.165, 1.54) is 18.3 Å². The maximum atomic E-state index is 14.0. The van der Waals surface area contributed by atoms with Gasteiger partial charge in [0.1, 0.15) is 21.7 Å². The second-order valence-corrected chi connectivity index (χ2v) is 11.8. The van der Waals surface area contributed by atoms with E-state index in [2.05, 4.69) is 15.2 Å².